The zero-order valence-electron chi connectivity index (χ0n) is 15.6. The van der Waals surface area contributed by atoms with Gasteiger partial charge in [-0.2, -0.15) is 0 Å². The van der Waals surface area contributed by atoms with Gasteiger partial charge in [-0.25, -0.2) is 4.98 Å². The Labute approximate surface area is 178 Å². The standard InChI is InChI=1S/C23H21IN2O2/c1-27-20-9-6-17-13-18(15-25-11-10-16-4-7-19(24)8-5-16)23(26-21(17)14-20)22-3-2-12-28-22/h2-9,12-14,25H,10-11,15H2,1H3. The topological polar surface area (TPSA) is 47.3 Å². The number of fused-ring (bicyclic) bond motifs is 1. The summed E-state index contributed by atoms with van der Waals surface area (Å²) in [5, 5.41) is 4.63. The molecule has 0 bridgehead atoms. The molecule has 5 heteroatoms. The molecule has 28 heavy (non-hydrogen) atoms. The summed E-state index contributed by atoms with van der Waals surface area (Å²) in [5.41, 5.74) is 4.22. The van der Waals surface area contributed by atoms with Crippen LogP contribution >= 0.6 is 22.6 Å². The van der Waals surface area contributed by atoms with Crippen molar-refractivity contribution in [2.75, 3.05) is 13.7 Å². The number of furan rings is 1. The molecule has 4 rings (SSSR count). The Kier molecular flexibility index (Phi) is 5.92. The van der Waals surface area contributed by atoms with Crippen LogP contribution in [0, 0.1) is 3.57 Å². The summed E-state index contributed by atoms with van der Waals surface area (Å²) in [4.78, 5) is 4.86. The van der Waals surface area contributed by atoms with Crippen LogP contribution in [-0.2, 0) is 13.0 Å². The van der Waals surface area contributed by atoms with Crippen LogP contribution < -0.4 is 10.1 Å². The number of halogens is 1. The van der Waals surface area contributed by atoms with Crippen molar-refractivity contribution in [3.8, 4) is 17.2 Å². The van der Waals surface area contributed by atoms with Gasteiger partial charge in [0.15, 0.2) is 5.76 Å². The number of hydrogen-bond donors (Lipinski definition) is 1. The molecule has 0 fully saturated rings. The lowest BCUT2D eigenvalue weighted by Gasteiger charge is -2.11. The summed E-state index contributed by atoms with van der Waals surface area (Å²) in [7, 11) is 1.67. The van der Waals surface area contributed by atoms with Crippen molar-refractivity contribution in [1.82, 2.24) is 10.3 Å². The molecule has 0 aliphatic rings. The fourth-order valence-corrected chi connectivity index (χ4v) is 3.55. The lowest BCUT2D eigenvalue weighted by molar-refractivity contribution is 0.415. The van der Waals surface area contributed by atoms with Crippen LogP contribution in [0.4, 0.5) is 0 Å². The van der Waals surface area contributed by atoms with Crippen molar-refractivity contribution in [3.63, 3.8) is 0 Å². The maximum absolute atomic E-state index is 5.63. The van der Waals surface area contributed by atoms with Crippen LogP contribution in [0.15, 0.2) is 71.3 Å². The summed E-state index contributed by atoms with van der Waals surface area (Å²) in [6.45, 7) is 1.63. The monoisotopic (exact) mass is 484 g/mol. The predicted octanol–water partition coefficient (Wildman–Crippen LogP) is 5.44. The van der Waals surface area contributed by atoms with Crippen LogP contribution in [0.2, 0.25) is 0 Å². The molecular weight excluding hydrogens is 463 g/mol. The Morgan fingerprint density at radius 2 is 1.93 bits per heavy atom. The molecule has 0 spiro atoms. The summed E-state index contributed by atoms with van der Waals surface area (Å²) < 4.78 is 12.2. The first-order valence-corrected chi connectivity index (χ1v) is 10.3. The normalized spacial score (nSPS) is 11.1. The van der Waals surface area contributed by atoms with Gasteiger partial charge in [0.25, 0.3) is 0 Å². The highest BCUT2D eigenvalue weighted by Crippen LogP contribution is 2.28. The first kappa shape index (κ1) is 19.0. The molecule has 1 N–H and O–H groups in total. The molecule has 0 aliphatic carbocycles. The number of methoxy groups -OCH3 is 1. The van der Waals surface area contributed by atoms with Gasteiger partial charge in [0.1, 0.15) is 11.4 Å². The molecule has 0 saturated carbocycles. The maximum Gasteiger partial charge on any atom is 0.152 e. The predicted molar refractivity (Wildman–Crippen MR) is 121 cm³/mol. The zero-order valence-corrected chi connectivity index (χ0v) is 17.8. The van der Waals surface area contributed by atoms with Crippen LogP contribution in [0.1, 0.15) is 11.1 Å². The Balaban J connectivity index is 1.54. The maximum atomic E-state index is 5.63. The minimum atomic E-state index is 0.732. The van der Waals surface area contributed by atoms with Gasteiger partial charge in [-0.05, 0) is 89.1 Å². The van der Waals surface area contributed by atoms with E-state index in [0.717, 1.165) is 53.2 Å². The molecule has 2 aromatic carbocycles. The molecule has 0 atom stereocenters. The van der Waals surface area contributed by atoms with E-state index in [1.54, 1.807) is 13.4 Å². The molecule has 0 amide bonds. The first-order valence-electron chi connectivity index (χ1n) is 9.19. The largest absolute Gasteiger partial charge is 0.497 e. The van der Waals surface area contributed by atoms with Crippen molar-refractivity contribution >= 4 is 33.5 Å². The van der Waals surface area contributed by atoms with E-state index in [-0.39, 0.29) is 0 Å². The highest BCUT2D eigenvalue weighted by molar-refractivity contribution is 14.1. The second-order valence-corrected chi connectivity index (χ2v) is 7.83. The van der Waals surface area contributed by atoms with Crippen molar-refractivity contribution in [3.05, 3.63) is 81.6 Å². The number of aromatic nitrogens is 1. The molecule has 2 heterocycles. The lowest BCUT2D eigenvalue weighted by Crippen LogP contribution is -2.17. The van der Waals surface area contributed by atoms with Gasteiger partial charge in [0.05, 0.1) is 18.9 Å². The highest BCUT2D eigenvalue weighted by atomic mass is 127. The third-order valence-electron chi connectivity index (χ3n) is 4.68. The number of nitrogens with one attached hydrogen (secondary N) is 1. The zero-order chi connectivity index (χ0) is 19.3. The van der Waals surface area contributed by atoms with Gasteiger partial charge in [-0.1, -0.05) is 12.1 Å². The summed E-state index contributed by atoms with van der Waals surface area (Å²) in [5.74, 6) is 1.58. The first-order chi connectivity index (χ1) is 13.7. The number of ether oxygens (including phenoxy) is 1. The van der Waals surface area contributed by atoms with Gasteiger partial charge in [0, 0.05) is 21.6 Å². The Bertz CT molecular complexity index is 1060. The summed E-state index contributed by atoms with van der Waals surface area (Å²) in [6.07, 6.45) is 2.67. The Hall–Kier alpha value is -2.38. The minimum absolute atomic E-state index is 0.732. The highest BCUT2D eigenvalue weighted by Gasteiger charge is 2.12. The van der Waals surface area contributed by atoms with E-state index in [1.165, 1.54) is 9.13 Å². The van der Waals surface area contributed by atoms with Crippen molar-refractivity contribution in [2.45, 2.75) is 13.0 Å². The molecule has 0 saturated heterocycles. The number of pyridine rings is 1. The minimum Gasteiger partial charge on any atom is -0.497 e. The second-order valence-electron chi connectivity index (χ2n) is 6.59. The average Bonchev–Trinajstić information content (AvgIpc) is 3.26. The number of hydrogen-bond acceptors (Lipinski definition) is 4. The van der Waals surface area contributed by atoms with E-state index < -0.39 is 0 Å². The van der Waals surface area contributed by atoms with E-state index in [0.29, 0.717) is 0 Å². The van der Waals surface area contributed by atoms with Gasteiger partial charge in [-0.15, -0.1) is 0 Å². The number of rotatable bonds is 7. The average molecular weight is 484 g/mol. The smallest absolute Gasteiger partial charge is 0.152 e. The second kappa shape index (κ2) is 8.75. The van der Waals surface area contributed by atoms with Crippen molar-refractivity contribution in [1.29, 1.82) is 0 Å². The Morgan fingerprint density at radius 3 is 2.68 bits per heavy atom. The van der Waals surface area contributed by atoms with Crippen LogP contribution in [0.5, 0.6) is 5.75 Å². The van der Waals surface area contributed by atoms with E-state index in [9.17, 15) is 0 Å². The van der Waals surface area contributed by atoms with Gasteiger partial charge < -0.3 is 14.5 Å². The van der Waals surface area contributed by atoms with Crippen molar-refractivity contribution < 1.29 is 9.15 Å². The lowest BCUT2D eigenvalue weighted by atomic mass is 10.1. The van der Waals surface area contributed by atoms with E-state index >= 15 is 0 Å². The molecule has 0 radical (unpaired) electrons. The van der Waals surface area contributed by atoms with Gasteiger partial charge >= 0.3 is 0 Å². The summed E-state index contributed by atoms with van der Waals surface area (Å²) >= 11 is 2.33. The third-order valence-corrected chi connectivity index (χ3v) is 5.40. The fraction of sp³-hybridized carbons (Fsp3) is 0.174. The third kappa shape index (κ3) is 4.36. The van der Waals surface area contributed by atoms with E-state index in [2.05, 4.69) is 58.2 Å². The van der Waals surface area contributed by atoms with E-state index in [4.69, 9.17) is 14.1 Å². The van der Waals surface area contributed by atoms with Crippen LogP contribution in [-0.4, -0.2) is 18.6 Å². The summed E-state index contributed by atoms with van der Waals surface area (Å²) in [6, 6.07) is 20.6. The molecule has 0 aliphatic heterocycles. The van der Waals surface area contributed by atoms with Gasteiger partial charge in [0.2, 0.25) is 0 Å². The van der Waals surface area contributed by atoms with Crippen molar-refractivity contribution in [2.24, 2.45) is 0 Å². The SMILES string of the molecule is COc1ccc2cc(CNCCc3ccc(I)cc3)c(-c3ccco3)nc2c1. The fourth-order valence-electron chi connectivity index (χ4n) is 3.19. The van der Waals surface area contributed by atoms with Gasteiger partial charge in [-0.3, -0.25) is 0 Å². The van der Waals surface area contributed by atoms with Crippen LogP contribution in [0.25, 0.3) is 22.4 Å². The number of benzene rings is 2. The number of nitrogens with zero attached hydrogens (tertiary/aromatic N) is 1. The molecule has 0 unspecified atom stereocenters. The molecule has 2 aromatic heterocycles. The molecular formula is C23H21IN2O2. The van der Waals surface area contributed by atoms with Crippen LogP contribution in [0.3, 0.4) is 0 Å². The van der Waals surface area contributed by atoms with E-state index in [1.807, 2.05) is 30.3 Å². The molecule has 142 valence electrons. The molecule has 4 aromatic rings. The molecule has 4 nitrogen and oxygen atoms in total. The quantitative estimate of drug-likeness (QED) is 0.280. The Morgan fingerprint density at radius 1 is 1.07 bits per heavy atom.